The van der Waals surface area contributed by atoms with E-state index in [2.05, 4.69) is 15.6 Å². The first-order valence-corrected chi connectivity index (χ1v) is 6.14. The fourth-order valence-electron chi connectivity index (χ4n) is 1.20. The summed E-state index contributed by atoms with van der Waals surface area (Å²) in [4.78, 5) is 15.7. The number of thioether (sulfide) groups is 1. The van der Waals surface area contributed by atoms with E-state index in [1.54, 1.807) is 12.4 Å². The summed E-state index contributed by atoms with van der Waals surface area (Å²) < 4.78 is 13.1. The van der Waals surface area contributed by atoms with Crippen LogP contribution in [0.25, 0.3) is 0 Å². The molecule has 0 spiro atoms. The first-order chi connectivity index (χ1) is 8.62. The highest BCUT2D eigenvalue weighted by Gasteiger charge is 2.11. The van der Waals surface area contributed by atoms with Crippen molar-refractivity contribution >= 4 is 28.5 Å². The molecular weight excluding hydrogens is 255 g/mol. The van der Waals surface area contributed by atoms with Crippen molar-refractivity contribution in [3.63, 3.8) is 0 Å². The van der Waals surface area contributed by atoms with Gasteiger partial charge in [0.05, 0.1) is 11.3 Å². The van der Waals surface area contributed by atoms with Crippen LogP contribution in [-0.4, -0.2) is 24.4 Å². The molecule has 94 valence electrons. The highest BCUT2D eigenvalue weighted by atomic mass is 32.2. The van der Waals surface area contributed by atoms with E-state index in [-0.39, 0.29) is 5.56 Å². The second kappa shape index (κ2) is 6.61. The summed E-state index contributed by atoms with van der Waals surface area (Å²) in [5, 5.41) is 13.6. The van der Waals surface area contributed by atoms with Crippen LogP contribution in [0.4, 0.5) is 10.1 Å². The van der Waals surface area contributed by atoms with Gasteiger partial charge in [0.25, 0.3) is 5.91 Å². The Morgan fingerprint density at radius 1 is 1.56 bits per heavy atom. The summed E-state index contributed by atoms with van der Waals surface area (Å²) in [6, 6.07) is 3.69. The molecule has 0 aliphatic carbocycles. The third kappa shape index (κ3) is 3.46. The second-order valence-electron chi connectivity index (χ2n) is 3.10. The molecule has 2 N–H and O–H groups in total. The lowest BCUT2D eigenvalue weighted by Gasteiger charge is -2.06. The standard InChI is InChI=1S/C11H11FN4OS/c1-14-10(17)8-5-7(12)3-4-9(8)16-11(18-2)15-6-13/h3-5H,1-2H3,(H,14,17)(H,15,16). The summed E-state index contributed by atoms with van der Waals surface area (Å²) in [5.41, 5.74) is 0.409. The number of nitrogens with one attached hydrogen (secondary N) is 2. The number of aliphatic imine (C=N–C) groups is 1. The number of nitriles is 1. The number of benzene rings is 1. The van der Waals surface area contributed by atoms with E-state index in [4.69, 9.17) is 5.26 Å². The molecule has 0 aliphatic rings. The van der Waals surface area contributed by atoms with E-state index < -0.39 is 11.7 Å². The first kappa shape index (κ1) is 14.0. The molecule has 0 fully saturated rings. The third-order valence-electron chi connectivity index (χ3n) is 2.01. The Morgan fingerprint density at radius 3 is 2.83 bits per heavy atom. The summed E-state index contributed by atoms with van der Waals surface area (Å²) >= 11 is 1.21. The minimum Gasteiger partial charge on any atom is -0.355 e. The van der Waals surface area contributed by atoms with Gasteiger partial charge in [-0.2, -0.15) is 5.26 Å². The van der Waals surface area contributed by atoms with Crippen molar-refractivity contribution in [2.45, 2.75) is 0 Å². The molecule has 1 rings (SSSR count). The number of amides is 1. The lowest BCUT2D eigenvalue weighted by Crippen LogP contribution is -2.19. The number of amidine groups is 1. The molecule has 0 radical (unpaired) electrons. The second-order valence-corrected chi connectivity index (χ2v) is 3.89. The highest BCUT2D eigenvalue weighted by molar-refractivity contribution is 8.13. The number of rotatable bonds is 2. The molecule has 7 heteroatoms. The Bertz CT molecular complexity index is 524. The molecule has 5 nitrogen and oxygen atoms in total. The molecule has 0 saturated heterocycles. The number of carbonyl (C=O) groups is 1. The molecule has 1 amide bonds. The van der Waals surface area contributed by atoms with Gasteiger partial charge >= 0.3 is 0 Å². The Morgan fingerprint density at radius 2 is 2.28 bits per heavy atom. The molecule has 0 aromatic heterocycles. The SMILES string of the molecule is CNC(=O)c1cc(F)ccc1N=C(NC#N)SC. The fourth-order valence-corrected chi connectivity index (χ4v) is 1.54. The van der Waals surface area contributed by atoms with Crippen LogP contribution >= 0.6 is 11.8 Å². The maximum Gasteiger partial charge on any atom is 0.253 e. The van der Waals surface area contributed by atoms with Gasteiger partial charge in [0.1, 0.15) is 5.82 Å². The van der Waals surface area contributed by atoms with Crippen molar-refractivity contribution in [3.05, 3.63) is 29.6 Å². The molecule has 0 aliphatic heterocycles. The Hall–Kier alpha value is -2.07. The molecule has 0 unspecified atom stereocenters. The predicted molar refractivity (Wildman–Crippen MR) is 69.1 cm³/mol. The van der Waals surface area contributed by atoms with E-state index in [0.29, 0.717) is 10.9 Å². The van der Waals surface area contributed by atoms with Gasteiger partial charge < -0.3 is 5.32 Å². The van der Waals surface area contributed by atoms with Crippen molar-refractivity contribution in [2.75, 3.05) is 13.3 Å². The maximum absolute atomic E-state index is 13.1. The lowest BCUT2D eigenvalue weighted by atomic mass is 10.1. The molecule has 0 saturated carbocycles. The largest absolute Gasteiger partial charge is 0.355 e. The van der Waals surface area contributed by atoms with Gasteiger partial charge in [-0.05, 0) is 24.5 Å². The van der Waals surface area contributed by atoms with E-state index in [1.807, 2.05) is 0 Å². The molecule has 0 heterocycles. The van der Waals surface area contributed by atoms with E-state index in [0.717, 1.165) is 6.07 Å². The molecule has 1 aromatic carbocycles. The lowest BCUT2D eigenvalue weighted by molar-refractivity contribution is 0.0963. The van der Waals surface area contributed by atoms with Crippen molar-refractivity contribution in [1.82, 2.24) is 10.6 Å². The van der Waals surface area contributed by atoms with Crippen LogP contribution in [0.15, 0.2) is 23.2 Å². The van der Waals surface area contributed by atoms with Crippen LogP contribution in [0, 0.1) is 17.3 Å². The molecular formula is C11H11FN4OS. The van der Waals surface area contributed by atoms with Gasteiger partial charge in [-0.1, -0.05) is 11.8 Å². The van der Waals surface area contributed by atoms with E-state index in [1.165, 1.54) is 30.9 Å². The molecule has 1 aromatic rings. The van der Waals surface area contributed by atoms with Crippen LogP contribution < -0.4 is 10.6 Å². The number of halogens is 1. The van der Waals surface area contributed by atoms with Crippen LogP contribution in [0.5, 0.6) is 0 Å². The van der Waals surface area contributed by atoms with E-state index in [9.17, 15) is 9.18 Å². The van der Waals surface area contributed by atoms with Gasteiger partial charge in [-0.15, -0.1) is 0 Å². The third-order valence-corrected chi connectivity index (χ3v) is 2.59. The molecule has 0 bridgehead atoms. The quantitative estimate of drug-likeness (QED) is 0.369. The smallest absolute Gasteiger partial charge is 0.253 e. The Balaban J connectivity index is 3.23. The summed E-state index contributed by atoms with van der Waals surface area (Å²) in [6.07, 6.45) is 3.47. The van der Waals surface area contributed by atoms with Gasteiger partial charge in [-0.3, -0.25) is 10.1 Å². The van der Waals surface area contributed by atoms with Crippen molar-refractivity contribution in [3.8, 4) is 6.19 Å². The number of hydrogen-bond acceptors (Lipinski definition) is 4. The monoisotopic (exact) mass is 266 g/mol. The minimum absolute atomic E-state index is 0.115. The zero-order valence-electron chi connectivity index (χ0n) is 9.82. The van der Waals surface area contributed by atoms with Gasteiger partial charge in [0.2, 0.25) is 0 Å². The number of carbonyl (C=O) groups excluding carboxylic acids is 1. The normalized spacial score (nSPS) is 10.7. The Labute approximate surface area is 108 Å². The Kier molecular flexibility index (Phi) is 5.14. The van der Waals surface area contributed by atoms with Crippen LogP contribution in [0.1, 0.15) is 10.4 Å². The average molecular weight is 266 g/mol. The maximum atomic E-state index is 13.1. The van der Waals surface area contributed by atoms with Crippen LogP contribution in [-0.2, 0) is 0 Å². The van der Waals surface area contributed by atoms with Crippen LogP contribution in [0.2, 0.25) is 0 Å². The van der Waals surface area contributed by atoms with Gasteiger partial charge in [0, 0.05) is 7.05 Å². The minimum atomic E-state index is -0.522. The highest BCUT2D eigenvalue weighted by Crippen LogP contribution is 2.21. The topological polar surface area (TPSA) is 77.3 Å². The average Bonchev–Trinajstić information content (AvgIpc) is 2.39. The summed E-state index contributed by atoms with van der Waals surface area (Å²) in [5.74, 6) is -0.961. The summed E-state index contributed by atoms with van der Waals surface area (Å²) in [7, 11) is 1.45. The van der Waals surface area contributed by atoms with Gasteiger partial charge in [0.15, 0.2) is 11.4 Å². The van der Waals surface area contributed by atoms with Crippen molar-refractivity contribution in [1.29, 1.82) is 5.26 Å². The number of nitrogens with zero attached hydrogens (tertiary/aromatic N) is 2. The zero-order chi connectivity index (χ0) is 13.5. The van der Waals surface area contributed by atoms with Crippen molar-refractivity contribution < 1.29 is 9.18 Å². The first-order valence-electron chi connectivity index (χ1n) is 4.91. The molecule has 18 heavy (non-hydrogen) atoms. The number of hydrogen-bond donors (Lipinski definition) is 2. The van der Waals surface area contributed by atoms with E-state index >= 15 is 0 Å². The predicted octanol–water partition coefficient (Wildman–Crippen LogP) is 1.61. The molecule has 0 atom stereocenters. The van der Waals surface area contributed by atoms with Crippen LogP contribution in [0.3, 0.4) is 0 Å². The zero-order valence-corrected chi connectivity index (χ0v) is 10.6. The summed E-state index contributed by atoms with van der Waals surface area (Å²) in [6.45, 7) is 0. The fraction of sp³-hybridized carbons (Fsp3) is 0.182. The van der Waals surface area contributed by atoms with Gasteiger partial charge in [-0.25, -0.2) is 9.38 Å². The van der Waals surface area contributed by atoms with Crippen molar-refractivity contribution in [2.24, 2.45) is 4.99 Å².